The van der Waals surface area contributed by atoms with Gasteiger partial charge in [-0.1, -0.05) is 6.07 Å². The Balaban J connectivity index is 1.41. The van der Waals surface area contributed by atoms with Crippen LogP contribution in [0.4, 0.5) is 0 Å². The third-order valence-corrected chi connectivity index (χ3v) is 6.04. The summed E-state index contributed by atoms with van der Waals surface area (Å²) in [6.07, 6.45) is 1.89. The first kappa shape index (κ1) is 18.7. The Kier molecular flexibility index (Phi) is 4.49. The van der Waals surface area contributed by atoms with E-state index in [4.69, 9.17) is 9.47 Å². The van der Waals surface area contributed by atoms with E-state index in [2.05, 4.69) is 15.3 Å². The van der Waals surface area contributed by atoms with Gasteiger partial charge >= 0.3 is 0 Å². The Morgan fingerprint density at radius 2 is 1.97 bits per heavy atom. The second kappa shape index (κ2) is 7.19. The standard InChI is InChI=1S/C22H25N5O3/c1-13-21(14(2)26(3)25-13)16-12-17(24-23-16)22(28)27-8-4-5-18(27)15-6-7-19-20(11-15)30-10-9-29-19/h6-7,11-12,18H,4-5,8-10H2,1-3H3,(H,23,24). The van der Waals surface area contributed by atoms with E-state index in [0.717, 1.165) is 59.1 Å². The van der Waals surface area contributed by atoms with Crippen LogP contribution in [-0.2, 0) is 7.05 Å². The van der Waals surface area contributed by atoms with Crippen LogP contribution in [0.15, 0.2) is 24.3 Å². The highest BCUT2D eigenvalue weighted by molar-refractivity contribution is 5.94. The van der Waals surface area contributed by atoms with Crippen molar-refractivity contribution in [2.45, 2.75) is 32.7 Å². The maximum Gasteiger partial charge on any atom is 0.272 e. The molecule has 1 atom stereocenters. The van der Waals surface area contributed by atoms with Crippen molar-refractivity contribution in [1.82, 2.24) is 24.9 Å². The summed E-state index contributed by atoms with van der Waals surface area (Å²) in [6, 6.07) is 7.82. The third-order valence-electron chi connectivity index (χ3n) is 6.04. The molecule has 0 saturated carbocycles. The number of hydrogen-bond donors (Lipinski definition) is 1. The first-order valence-corrected chi connectivity index (χ1v) is 10.3. The fourth-order valence-corrected chi connectivity index (χ4v) is 4.48. The third kappa shape index (κ3) is 3.03. The molecule has 1 unspecified atom stereocenters. The molecule has 1 saturated heterocycles. The second-order valence-electron chi connectivity index (χ2n) is 7.90. The van der Waals surface area contributed by atoms with Gasteiger partial charge in [-0.05, 0) is 50.5 Å². The zero-order valence-electron chi connectivity index (χ0n) is 17.4. The fourth-order valence-electron chi connectivity index (χ4n) is 4.48. The molecule has 1 N–H and O–H groups in total. The van der Waals surface area contributed by atoms with Crippen molar-refractivity contribution in [2.24, 2.45) is 7.05 Å². The number of hydrogen-bond acceptors (Lipinski definition) is 5. The van der Waals surface area contributed by atoms with E-state index >= 15 is 0 Å². The number of carbonyl (C=O) groups is 1. The van der Waals surface area contributed by atoms with Crippen molar-refractivity contribution in [3.63, 3.8) is 0 Å². The minimum Gasteiger partial charge on any atom is -0.486 e. The number of nitrogens with zero attached hydrogens (tertiary/aromatic N) is 4. The summed E-state index contributed by atoms with van der Waals surface area (Å²) in [5, 5.41) is 11.8. The molecule has 1 aromatic carbocycles. The topological polar surface area (TPSA) is 85.3 Å². The fraction of sp³-hybridized carbons (Fsp3) is 0.409. The van der Waals surface area contributed by atoms with Crippen LogP contribution in [0, 0.1) is 13.8 Å². The summed E-state index contributed by atoms with van der Waals surface area (Å²) in [7, 11) is 1.91. The average Bonchev–Trinajstić information content (AvgIpc) is 3.47. The number of likely N-dealkylation sites (tertiary alicyclic amines) is 1. The number of H-pyrrole nitrogens is 1. The Morgan fingerprint density at radius 1 is 1.17 bits per heavy atom. The van der Waals surface area contributed by atoms with Gasteiger partial charge in [0.15, 0.2) is 11.5 Å². The molecule has 2 aliphatic rings. The number of aryl methyl sites for hydroxylation is 2. The van der Waals surface area contributed by atoms with E-state index in [1.54, 1.807) is 0 Å². The Bertz CT molecular complexity index is 1120. The molecule has 8 heteroatoms. The smallest absolute Gasteiger partial charge is 0.272 e. The number of amides is 1. The van der Waals surface area contributed by atoms with Crippen LogP contribution in [-0.4, -0.2) is 50.5 Å². The Morgan fingerprint density at radius 3 is 2.73 bits per heavy atom. The number of rotatable bonds is 3. The molecule has 0 aliphatic carbocycles. The zero-order chi connectivity index (χ0) is 20.8. The molecule has 3 aromatic rings. The maximum atomic E-state index is 13.3. The van der Waals surface area contributed by atoms with Crippen LogP contribution in [0.5, 0.6) is 11.5 Å². The molecule has 0 spiro atoms. The van der Waals surface area contributed by atoms with Gasteiger partial charge < -0.3 is 14.4 Å². The van der Waals surface area contributed by atoms with Gasteiger partial charge in [-0.2, -0.15) is 10.2 Å². The molecule has 8 nitrogen and oxygen atoms in total. The molecule has 5 rings (SSSR count). The lowest BCUT2D eigenvalue weighted by molar-refractivity contribution is 0.0729. The van der Waals surface area contributed by atoms with Gasteiger partial charge in [-0.3, -0.25) is 14.6 Å². The maximum absolute atomic E-state index is 13.3. The predicted octanol–water partition coefficient (Wildman–Crippen LogP) is 3.18. The summed E-state index contributed by atoms with van der Waals surface area (Å²) < 4.78 is 13.2. The first-order chi connectivity index (χ1) is 14.5. The van der Waals surface area contributed by atoms with Crippen LogP contribution >= 0.6 is 0 Å². The lowest BCUT2D eigenvalue weighted by atomic mass is 10.0. The van der Waals surface area contributed by atoms with Gasteiger partial charge in [-0.25, -0.2) is 0 Å². The van der Waals surface area contributed by atoms with Crippen molar-refractivity contribution in [1.29, 1.82) is 0 Å². The lowest BCUT2D eigenvalue weighted by Crippen LogP contribution is -2.31. The van der Waals surface area contributed by atoms with Crippen LogP contribution in [0.2, 0.25) is 0 Å². The molecule has 4 heterocycles. The van der Waals surface area contributed by atoms with Crippen LogP contribution < -0.4 is 9.47 Å². The molecular formula is C22H25N5O3. The van der Waals surface area contributed by atoms with Crippen LogP contribution in [0.1, 0.15) is 46.3 Å². The predicted molar refractivity (Wildman–Crippen MR) is 111 cm³/mol. The first-order valence-electron chi connectivity index (χ1n) is 10.3. The number of aromatic nitrogens is 4. The largest absolute Gasteiger partial charge is 0.486 e. The summed E-state index contributed by atoms with van der Waals surface area (Å²) in [5.74, 6) is 1.48. The normalized spacial score (nSPS) is 18.1. The zero-order valence-corrected chi connectivity index (χ0v) is 17.4. The van der Waals surface area contributed by atoms with Gasteiger partial charge in [0, 0.05) is 24.8 Å². The highest BCUT2D eigenvalue weighted by Crippen LogP contribution is 2.38. The number of carbonyl (C=O) groups excluding carboxylic acids is 1. The SMILES string of the molecule is Cc1nn(C)c(C)c1-c1cc(C(=O)N2CCCC2c2ccc3c(c2)OCCO3)[nH]n1. The van der Waals surface area contributed by atoms with E-state index < -0.39 is 0 Å². The highest BCUT2D eigenvalue weighted by Gasteiger charge is 2.32. The van der Waals surface area contributed by atoms with Crippen molar-refractivity contribution in [3.8, 4) is 22.8 Å². The van der Waals surface area contributed by atoms with E-state index in [0.29, 0.717) is 18.9 Å². The molecule has 1 fully saturated rings. The van der Waals surface area contributed by atoms with Crippen LogP contribution in [0.25, 0.3) is 11.3 Å². The van der Waals surface area contributed by atoms with Crippen molar-refractivity contribution >= 4 is 5.91 Å². The quantitative estimate of drug-likeness (QED) is 0.721. The molecule has 0 radical (unpaired) electrons. The number of benzene rings is 1. The summed E-state index contributed by atoms with van der Waals surface area (Å²) in [5.41, 5.74) is 5.21. The Labute approximate surface area is 174 Å². The molecule has 30 heavy (non-hydrogen) atoms. The van der Waals surface area contributed by atoms with E-state index in [9.17, 15) is 4.79 Å². The van der Waals surface area contributed by atoms with E-state index in [-0.39, 0.29) is 11.9 Å². The number of fused-ring (bicyclic) bond motifs is 1. The minimum atomic E-state index is -0.0367. The molecule has 2 aromatic heterocycles. The summed E-state index contributed by atoms with van der Waals surface area (Å²) >= 11 is 0. The number of nitrogens with one attached hydrogen (secondary N) is 1. The summed E-state index contributed by atoms with van der Waals surface area (Å²) in [4.78, 5) is 15.2. The monoisotopic (exact) mass is 407 g/mol. The second-order valence-corrected chi connectivity index (χ2v) is 7.90. The molecule has 1 amide bonds. The highest BCUT2D eigenvalue weighted by atomic mass is 16.6. The molecule has 156 valence electrons. The Hall–Kier alpha value is -3.29. The molecule has 0 bridgehead atoms. The van der Waals surface area contributed by atoms with Crippen molar-refractivity contribution < 1.29 is 14.3 Å². The van der Waals surface area contributed by atoms with Crippen molar-refractivity contribution in [2.75, 3.05) is 19.8 Å². The van der Waals surface area contributed by atoms with Gasteiger partial charge in [0.25, 0.3) is 5.91 Å². The molecular weight excluding hydrogens is 382 g/mol. The molecule has 2 aliphatic heterocycles. The minimum absolute atomic E-state index is 0.0157. The van der Waals surface area contributed by atoms with Gasteiger partial charge in [0.05, 0.1) is 17.4 Å². The van der Waals surface area contributed by atoms with Crippen LogP contribution in [0.3, 0.4) is 0 Å². The van der Waals surface area contributed by atoms with E-state index in [1.807, 2.05) is 54.7 Å². The van der Waals surface area contributed by atoms with Gasteiger partial charge in [0.1, 0.15) is 18.9 Å². The van der Waals surface area contributed by atoms with Gasteiger partial charge in [-0.15, -0.1) is 0 Å². The van der Waals surface area contributed by atoms with Gasteiger partial charge in [0.2, 0.25) is 0 Å². The van der Waals surface area contributed by atoms with Crippen molar-refractivity contribution in [3.05, 3.63) is 46.9 Å². The number of ether oxygens (including phenoxy) is 2. The number of aromatic amines is 1. The van der Waals surface area contributed by atoms with E-state index in [1.165, 1.54) is 0 Å². The average molecular weight is 407 g/mol. The summed E-state index contributed by atoms with van der Waals surface area (Å²) in [6.45, 7) is 5.80. The lowest BCUT2D eigenvalue weighted by Gasteiger charge is -2.26.